The van der Waals surface area contributed by atoms with Gasteiger partial charge in [-0.1, -0.05) is 29.8 Å². The Labute approximate surface area is 137 Å². The number of aromatic nitrogens is 2. The van der Waals surface area contributed by atoms with E-state index in [2.05, 4.69) is 9.97 Å². The topological polar surface area (TPSA) is 59.9 Å². The summed E-state index contributed by atoms with van der Waals surface area (Å²) in [5.74, 6) is -0.151. The van der Waals surface area contributed by atoms with Crippen molar-refractivity contribution in [3.63, 3.8) is 0 Å². The van der Waals surface area contributed by atoms with Gasteiger partial charge in [-0.25, -0.2) is 18.4 Å². The number of hydrogen-bond acceptors (Lipinski definition) is 5. The van der Waals surface area contributed by atoms with E-state index < -0.39 is 9.84 Å². The zero-order chi connectivity index (χ0) is 15.6. The molecule has 0 bridgehead atoms. The molecule has 22 heavy (non-hydrogen) atoms. The van der Waals surface area contributed by atoms with Gasteiger partial charge in [0.25, 0.3) is 0 Å². The molecule has 0 saturated carbocycles. The molecule has 0 amide bonds. The smallest absolute Gasteiger partial charge is 0.202 e. The van der Waals surface area contributed by atoms with E-state index in [0.717, 1.165) is 11.3 Å². The van der Waals surface area contributed by atoms with E-state index in [1.54, 1.807) is 24.3 Å². The number of hydrogen-bond donors (Lipinski definition) is 0. The molecule has 0 aliphatic heterocycles. The molecule has 0 atom stereocenters. The average Bonchev–Trinajstić information content (AvgIpc) is 2.97. The fourth-order valence-electron chi connectivity index (χ4n) is 1.90. The molecule has 0 radical (unpaired) electrons. The van der Waals surface area contributed by atoms with Crippen molar-refractivity contribution < 1.29 is 8.42 Å². The molecular weight excluding hydrogens is 340 g/mol. The van der Waals surface area contributed by atoms with Gasteiger partial charge in [-0.15, -0.1) is 11.3 Å². The number of pyridine rings is 1. The Bertz CT molecular complexity index is 875. The van der Waals surface area contributed by atoms with Crippen LogP contribution in [0.5, 0.6) is 0 Å². The van der Waals surface area contributed by atoms with Gasteiger partial charge in [0.15, 0.2) is 5.03 Å². The number of halogens is 1. The van der Waals surface area contributed by atoms with Crippen LogP contribution >= 0.6 is 22.9 Å². The average molecular weight is 351 g/mol. The van der Waals surface area contributed by atoms with Crippen LogP contribution in [0.1, 0.15) is 5.01 Å². The maximum absolute atomic E-state index is 12.3. The third-order valence-electron chi connectivity index (χ3n) is 2.96. The van der Waals surface area contributed by atoms with Crippen molar-refractivity contribution in [2.75, 3.05) is 0 Å². The molecule has 0 N–H and O–H groups in total. The second-order valence-electron chi connectivity index (χ2n) is 4.56. The lowest BCUT2D eigenvalue weighted by molar-refractivity contribution is 0.591. The van der Waals surface area contributed by atoms with Crippen LogP contribution < -0.4 is 0 Å². The molecule has 0 saturated heterocycles. The third kappa shape index (κ3) is 3.35. The van der Waals surface area contributed by atoms with Gasteiger partial charge in [0.2, 0.25) is 9.84 Å². The number of rotatable bonds is 4. The summed E-state index contributed by atoms with van der Waals surface area (Å²) in [4.78, 5) is 8.28. The molecule has 3 aromatic rings. The van der Waals surface area contributed by atoms with E-state index in [0.29, 0.717) is 10.0 Å². The van der Waals surface area contributed by atoms with Crippen molar-refractivity contribution in [3.8, 4) is 11.3 Å². The Morgan fingerprint density at radius 2 is 1.86 bits per heavy atom. The van der Waals surface area contributed by atoms with Crippen molar-refractivity contribution in [1.29, 1.82) is 0 Å². The monoisotopic (exact) mass is 350 g/mol. The van der Waals surface area contributed by atoms with Gasteiger partial charge in [0.1, 0.15) is 10.8 Å². The largest absolute Gasteiger partial charge is 0.245 e. The summed E-state index contributed by atoms with van der Waals surface area (Å²) in [6.07, 6.45) is 1.47. The third-order valence-corrected chi connectivity index (χ3v) is 5.78. The van der Waals surface area contributed by atoms with Crippen molar-refractivity contribution in [3.05, 3.63) is 64.1 Å². The highest BCUT2D eigenvalue weighted by molar-refractivity contribution is 7.90. The maximum Gasteiger partial charge on any atom is 0.202 e. The highest BCUT2D eigenvalue weighted by atomic mass is 35.5. The molecule has 2 heterocycles. The first-order valence-electron chi connectivity index (χ1n) is 6.39. The number of thiazole rings is 1. The number of benzene rings is 1. The molecule has 2 aromatic heterocycles. The lowest BCUT2D eigenvalue weighted by Crippen LogP contribution is -2.06. The van der Waals surface area contributed by atoms with Crippen LogP contribution in [-0.4, -0.2) is 18.4 Å². The van der Waals surface area contributed by atoms with Gasteiger partial charge in [-0.2, -0.15) is 0 Å². The second-order valence-corrected chi connectivity index (χ2v) is 7.88. The van der Waals surface area contributed by atoms with Crippen molar-refractivity contribution >= 4 is 32.8 Å². The molecule has 0 aliphatic rings. The molecule has 112 valence electrons. The lowest BCUT2D eigenvalue weighted by atomic mass is 10.2. The van der Waals surface area contributed by atoms with Gasteiger partial charge in [-0.05, 0) is 24.3 Å². The van der Waals surface area contributed by atoms with Crippen molar-refractivity contribution in [2.45, 2.75) is 10.8 Å². The van der Waals surface area contributed by atoms with Crippen LogP contribution in [0, 0.1) is 0 Å². The van der Waals surface area contributed by atoms with Crippen LogP contribution in [0.3, 0.4) is 0 Å². The van der Waals surface area contributed by atoms with E-state index in [1.165, 1.54) is 23.6 Å². The molecular formula is C15H11ClN2O2S2. The molecule has 4 nitrogen and oxygen atoms in total. The Morgan fingerprint density at radius 1 is 1.09 bits per heavy atom. The maximum atomic E-state index is 12.3. The van der Waals surface area contributed by atoms with E-state index in [-0.39, 0.29) is 10.8 Å². The summed E-state index contributed by atoms with van der Waals surface area (Å²) in [5.41, 5.74) is 1.65. The molecule has 0 spiro atoms. The standard InChI is InChI=1S/C15H11ClN2O2S2/c16-12-6-4-11(5-7-12)13-9-21-14(18-13)10-22(19,20)15-3-1-2-8-17-15/h1-9H,10H2. The second kappa shape index (κ2) is 6.16. The van der Waals surface area contributed by atoms with E-state index in [1.807, 2.05) is 17.5 Å². The fourth-order valence-corrected chi connectivity index (χ4v) is 4.39. The predicted octanol–water partition coefficient (Wildman–Crippen LogP) is 3.83. The molecule has 3 rings (SSSR count). The minimum absolute atomic E-state index is 0.0678. The van der Waals surface area contributed by atoms with Crippen LogP contribution in [-0.2, 0) is 15.6 Å². The Hall–Kier alpha value is -1.76. The highest BCUT2D eigenvalue weighted by Gasteiger charge is 2.18. The highest BCUT2D eigenvalue weighted by Crippen LogP contribution is 2.25. The predicted molar refractivity (Wildman–Crippen MR) is 87.7 cm³/mol. The fraction of sp³-hybridized carbons (Fsp3) is 0.0667. The summed E-state index contributed by atoms with van der Waals surface area (Å²) in [7, 11) is -3.47. The summed E-state index contributed by atoms with van der Waals surface area (Å²) in [6.45, 7) is 0. The summed E-state index contributed by atoms with van der Waals surface area (Å²) >= 11 is 7.17. The van der Waals surface area contributed by atoms with E-state index >= 15 is 0 Å². The summed E-state index contributed by atoms with van der Waals surface area (Å²) < 4.78 is 24.6. The summed E-state index contributed by atoms with van der Waals surface area (Å²) in [5, 5.41) is 3.10. The Kier molecular flexibility index (Phi) is 4.24. The van der Waals surface area contributed by atoms with Crippen LogP contribution in [0.4, 0.5) is 0 Å². The zero-order valence-corrected chi connectivity index (χ0v) is 13.7. The lowest BCUT2D eigenvalue weighted by Gasteiger charge is -2.00. The van der Waals surface area contributed by atoms with Crippen LogP contribution in [0.15, 0.2) is 59.1 Å². The quantitative estimate of drug-likeness (QED) is 0.717. The minimum Gasteiger partial charge on any atom is -0.245 e. The number of nitrogens with zero attached hydrogens (tertiary/aromatic N) is 2. The van der Waals surface area contributed by atoms with Gasteiger partial charge in [0, 0.05) is 22.2 Å². The Morgan fingerprint density at radius 3 is 2.55 bits per heavy atom. The van der Waals surface area contributed by atoms with E-state index in [4.69, 9.17) is 11.6 Å². The molecule has 1 aromatic carbocycles. The van der Waals surface area contributed by atoms with Crippen molar-refractivity contribution in [2.24, 2.45) is 0 Å². The first-order chi connectivity index (χ1) is 10.5. The van der Waals surface area contributed by atoms with Gasteiger partial charge < -0.3 is 0 Å². The van der Waals surface area contributed by atoms with Gasteiger partial charge >= 0.3 is 0 Å². The molecule has 0 fully saturated rings. The first kappa shape index (κ1) is 15.1. The van der Waals surface area contributed by atoms with Gasteiger partial charge in [-0.3, -0.25) is 0 Å². The zero-order valence-electron chi connectivity index (χ0n) is 11.3. The van der Waals surface area contributed by atoms with Crippen LogP contribution in [0.25, 0.3) is 11.3 Å². The Balaban J connectivity index is 1.84. The van der Waals surface area contributed by atoms with Crippen LogP contribution in [0.2, 0.25) is 5.02 Å². The SMILES string of the molecule is O=S(=O)(Cc1nc(-c2ccc(Cl)cc2)cs1)c1ccccn1. The summed E-state index contributed by atoms with van der Waals surface area (Å²) in [6, 6.07) is 12.1. The van der Waals surface area contributed by atoms with E-state index in [9.17, 15) is 8.42 Å². The van der Waals surface area contributed by atoms with Gasteiger partial charge in [0.05, 0.1) is 5.69 Å². The van der Waals surface area contributed by atoms with Crippen molar-refractivity contribution in [1.82, 2.24) is 9.97 Å². The minimum atomic E-state index is -3.47. The molecule has 0 aliphatic carbocycles. The molecule has 0 unspecified atom stereocenters. The molecule has 7 heteroatoms. The number of sulfone groups is 1. The normalized spacial score (nSPS) is 11.5. The first-order valence-corrected chi connectivity index (χ1v) is 9.30.